The van der Waals surface area contributed by atoms with Crippen molar-refractivity contribution in [3.8, 4) is 0 Å². The molecule has 0 saturated carbocycles. The molecule has 2 aromatic heterocycles. The Morgan fingerprint density at radius 3 is 2.83 bits per heavy atom. The fourth-order valence-corrected chi connectivity index (χ4v) is 2.19. The molecule has 1 aromatic carbocycles. The molecule has 3 aromatic rings. The van der Waals surface area contributed by atoms with Gasteiger partial charge in [0, 0.05) is 37.2 Å². The average Bonchev–Trinajstić information content (AvgIpc) is 3.05. The number of rotatable bonds is 4. The molecule has 3 rings (SSSR count). The maximum absolute atomic E-state index is 9.12. The van der Waals surface area contributed by atoms with Crippen molar-refractivity contribution in [2.24, 2.45) is 0 Å². The maximum Gasteiger partial charge on any atom is 0.0946 e. The van der Waals surface area contributed by atoms with E-state index in [4.69, 9.17) is 5.11 Å². The van der Waals surface area contributed by atoms with Gasteiger partial charge in [0.05, 0.1) is 12.9 Å². The highest BCUT2D eigenvalue weighted by atomic mass is 16.3. The van der Waals surface area contributed by atoms with E-state index in [-0.39, 0.29) is 6.61 Å². The lowest BCUT2D eigenvalue weighted by molar-refractivity contribution is 0.282. The monoisotopic (exact) mass is 241 g/mol. The molecule has 0 unspecified atom stereocenters. The maximum atomic E-state index is 9.12. The van der Waals surface area contributed by atoms with E-state index in [1.165, 1.54) is 10.9 Å². The van der Waals surface area contributed by atoms with Crippen molar-refractivity contribution < 1.29 is 5.11 Å². The number of hydrogen-bond acceptors (Lipinski definition) is 2. The molecule has 0 bridgehead atoms. The second-order valence-electron chi connectivity index (χ2n) is 4.36. The zero-order chi connectivity index (χ0) is 12.4. The summed E-state index contributed by atoms with van der Waals surface area (Å²) in [6.07, 6.45) is 7.68. The van der Waals surface area contributed by atoms with Crippen LogP contribution >= 0.6 is 0 Å². The highest BCUT2D eigenvalue weighted by Gasteiger charge is 2.02. The quantitative estimate of drug-likeness (QED) is 0.759. The van der Waals surface area contributed by atoms with Crippen LogP contribution in [0.1, 0.15) is 5.56 Å². The second-order valence-corrected chi connectivity index (χ2v) is 4.36. The van der Waals surface area contributed by atoms with Crippen molar-refractivity contribution in [2.75, 3.05) is 0 Å². The van der Waals surface area contributed by atoms with Crippen LogP contribution < -0.4 is 0 Å². The van der Waals surface area contributed by atoms with Crippen molar-refractivity contribution in [2.45, 2.75) is 19.7 Å². The summed E-state index contributed by atoms with van der Waals surface area (Å²) in [4.78, 5) is 4.03. The molecular weight excluding hydrogens is 226 g/mol. The number of aromatic nitrogens is 3. The summed E-state index contributed by atoms with van der Waals surface area (Å²) in [6, 6.07) is 8.15. The molecular formula is C14H15N3O. The van der Waals surface area contributed by atoms with Gasteiger partial charge in [-0.2, -0.15) is 0 Å². The van der Waals surface area contributed by atoms with Gasteiger partial charge in [0.15, 0.2) is 0 Å². The van der Waals surface area contributed by atoms with Gasteiger partial charge in [0.1, 0.15) is 0 Å². The van der Waals surface area contributed by atoms with Crippen LogP contribution in [0.25, 0.3) is 10.9 Å². The third kappa shape index (κ3) is 2.02. The van der Waals surface area contributed by atoms with Gasteiger partial charge in [-0.1, -0.05) is 6.07 Å². The molecule has 92 valence electrons. The zero-order valence-electron chi connectivity index (χ0n) is 10.0. The highest BCUT2D eigenvalue weighted by molar-refractivity contribution is 5.80. The first-order chi connectivity index (χ1) is 8.86. The Labute approximate surface area is 105 Å². The van der Waals surface area contributed by atoms with Crippen molar-refractivity contribution in [1.29, 1.82) is 0 Å². The van der Waals surface area contributed by atoms with Gasteiger partial charge in [0.2, 0.25) is 0 Å². The number of aryl methyl sites for hydroxylation is 2. The fourth-order valence-electron chi connectivity index (χ4n) is 2.19. The first-order valence-electron chi connectivity index (χ1n) is 6.01. The smallest absolute Gasteiger partial charge is 0.0946 e. The molecule has 0 spiro atoms. The first kappa shape index (κ1) is 11.0. The number of aliphatic hydroxyl groups is 1. The van der Waals surface area contributed by atoms with Crippen LogP contribution in [0.2, 0.25) is 0 Å². The predicted molar refractivity (Wildman–Crippen MR) is 70.1 cm³/mol. The zero-order valence-corrected chi connectivity index (χ0v) is 10.0. The van der Waals surface area contributed by atoms with E-state index < -0.39 is 0 Å². The molecule has 2 heterocycles. The molecule has 4 heteroatoms. The summed E-state index contributed by atoms with van der Waals surface area (Å²) in [7, 11) is 0. The molecule has 0 saturated heterocycles. The van der Waals surface area contributed by atoms with Crippen molar-refractivity contribution in [3.05, 3.63) is 54.7 Å². The minimum absolute atomic E-state index is 0.0934. The average molecular weight is 241 g/mol. The topological polar surface area (TPSA) is 43.0 Å². The third-order valence-electron chi connectivity index (χ3n) is 3.18. The van der Waals surface area contributed by atoms with Gasteiger partial charge >= 0.3 is 0 Å². The van der Waals surface area contributed by atoms with Crippen LogP contribution in [-0.2, 0) is 19.7 Å². The van der Waals surface area contributed by atoms with Crippen LogP contribution in [0.5, 0.6) is 0 Å². The van der Waals surface area contributed by atoms with E-state index in [1.807, 2.05) is 24.7 Å². The normalized spacial score (nSPS) is 11.2. The third-order valence-corrected chi connectivity index (χ3v) is 3.18. The van der Waals surface area contributed by atoms with Crippen LogP contribution in [0.4, 0.5) is 0 Å². The molecule has 0 atom stereocenters. The van der Waals surface area contributed by atoms with Crippen molar-refractivity contribution in [1.82, 2.24) is 14.1 Å². The largest absolute Gasteiger partial charge is 0.392 e. The number of imidazole rings is 1. The highest BCUT2D eigenvalue weighted by Crippen LogP contribution is 2.17. The van der Waals surface area contributed by atoms with E-state index in [1.54, 1.807) is 6.20 Å². The van der Waals surface area contributed by atoms with Gasteiger partial charge in [-0.15, -0.1) is 0 Å². The first-order valence-corrected chi connectivity index (χ1v) is 6.01. The minimum Gasteiger partial charge on any atom is -0.392 e. The van der Waals surface area contributed by atoms with Gasteiger partial charge in [-0.25, -0.2) is 4.98 Å². The number of benzene rings is 1. The van der Waals surface area contributed by atoms with E-state index in [2.05, 4.69) is 32.4 Å². The molecule has 4 nitrogen and oxygen atoms in total. The molecule has 0 aliphatic rings. The Kier molecular flexibility index (Phi) is 2.86. The summed E-state index contributed by atoms with van der Waals surface area (Å²) in [6.45, 7) is 1.92. The summed E-state index contributed by atoms with van der Waals surface area (Å²) >= 11 is 0. The van der Waals surface area contributed by atoms with Gasteiger partial charge in [-0.05, 0) is 29.1 Å². The van der Waals surface area contributed by atoms with Crippen LogP contribution in [0.15, 0.2) is 49.2 Å². The van der Waals surface area contributed by atoms with Gasteiger partial charge in [-0.3, -0.25) is 0 Å². The molecule has 0 aliphatic carbocycles. The summed E-state index contributed by atoms with van der Waals surface area (Å²) < 4.78 is 4.28. The standard InChI is InChI=1S/C14H15N3O/c18-10-12-1-2-14-13(9-12)3-5-17(14)8-7-16-6-4-15-11-16/h1-6,9,11,18H,7-8,10H2. The molecule has 0 aliphatic heterocycles. The Bertz CT molecular complexity index is 640. The Morgan fingerprint density at radius 1 is 1.11 bits per heavy atom. The van der Waals surface area contributed by atoms with Crippen LogP contribution in [-0.4, -0.2) is 19.2 Å². The molecule has 18 heavy (non-hydrogen) atoms. The number of aliphatic hydroxyl groups excluding tert-OH is 1. The Hall–Kier alpha value is -2.07. The molecule has 0 fully saturated rings. The van der Waals surface area contributed by atoms with Crippen molar-refractivity contribution in [3.63, 3.8) is 0 Å². The van der Waals surface area contributed by atoms with Crippen LogP contribution in [0, 0.1) is 0 Å². The van der Waals surface area contributed by atoms with E-state index in [0.717, 1.165) is 18.7 Å². The SMILES string of the molecule is OCc1ccc2c(ccn2CCn2ccnc2)c1. The van der Waals surface area contributed by atoms with Gasteiger partial charge in [0.25, 0.3) is 0 Å². The molecule has 0 amide bonds. The molecule has 0 radical (unpaired) electrons. The minimum atomic E-state index is 0.0934. The summed E-state index contributed by atoms with van der Waals surface area (Å²) in [5.41, 5.74) is 2.15. The summed E-state index contributed by atoms with van der Waals surface area (Å²) in [5, 5.41) is 10.3. The molecule has 1 N–H and O–H groups in total. The lowest BCUT2D eigenvalue weighted by Gasteiger charge is -2.06. The lowest BCUT2D eigenvalue weighted by Crippen LogP contribution is -2.04. The fraction of sp³-hybridized carbons (Fsp3) is 0.214. The number of nitrogens with zero attached hydrogens (tertiary/aromatic N) is 3. The Balaban J connectivity index is 1.84. The van der Waals surface area contributed by atoms with Crippen molar-refractivity contribution >= 4 is 10.9 Å². The number of hydrogen-bond donors (Lipinski definition) is 1. The predicted octanol–water partition coefficient (Wildman–Crippen LogP) is 2.03. The lowest BCUT2D eigenvalue weighted by atomic mass is 10.2. The van der Waals surface area contributed by atoms with E-state index in [0.29, 0.717) is 0 Å². The van der Waals surface area contributed by atoms with E-state index in [9.17, 15) is 0 Å². The summed E-state index contributed by atoms with van der Waals surface area (Å²) in [5.74, 6) is 0. The van der Waals surface area contributed by atoms with Crippen LogP contribution in [0.3, 0.4) is 0 Å². The second kappa shape index (κ2) is 4.66. The van der Waals surface area contributed by atoms with Gasteiger partial charge < -0.3 is 14.2 Å². The Morgan fingerprint density at radius 2 is 2.06 bits per heavy atom. The van der Waals surface area contributed by atoms with E-state index >= 15 is 0 Å². The number of fused-ring (bicyclic) bond motifs is 1.